The van der Waals surface area contributed by atoms with Crippen molar-refractivity contribution in [2.75, 3.05) is 0 Å². The molecule has 0 bridgehead atoms. The van der Waals surface area contributed by atoms with Crippen LogP contribution >= 0.6 is 0 Å². The summed E-state index contributed by atoms with van der Waals surface area (Å²) in [5, 5.41) is 2.82. The SMILES string of the molecule is O=C1NCc2c1cc(-c1ccc(F)cc1F)cc2-c1ccc2nccn2c1. The Bertz CT molecular complexity index is 1230. The Hall–Kier alpha value is -3.54. The maximum absolute atomic E-state index is 14.3. The second kappa shape index (κ2) is 5.74. The van der Waals surface area contributed by atoms with Gasteiger partial charge in [0.25, 0.3) is 5.91 Å². The van der Waals surface area contributed by atoms with Crippen LogP contribution in [0.15, 0.2) is 61.1 Å². The van der Waals surface area contributed by atoms with Gasteiger partial charge < -0.3 is 9.72 Å². The number of amides is 1. The van der Waals surface area contributed by atoms with Crippen LogP contribution in [-0.2, 0) is 6.54 Å². The highest BCUT2D eigenvalue weighted by Gasteiger charge is 2.24. The van der Waals surface area contributed by atoms with Gasteiger partial charge in [-0.05, 0) is 58.7 Å². The first-order valence-electron chi connectivity index (χ1n) is 8.44. The molecular weight excluding hydrogens is 348 g/mol. The van der Waals surface area contributed by atoms with Gasteiger partial charge in [0.05, 0.1) is 0 Å². The number of hydrogen-bond donors (Lipinski definition) is 1. The summed E-state index contributed by atoms with van der Waals surface area (Å²) in [6.07, 6.45) is 5.47. The molecular formula is C21H13F2N3O. The molecule has 1 aliphatic heterocycles. The van der Waals surface area contributed by atoms with Crippen LogP contribution in [0.4, 0.5) is 8.78 Å². The van der Waals surface area contributed by atoms with E-state index >= 15 is 0 Å². The molecule has 0 fully saturated rings. The lowest BCUT2D eigenvalue weighted by Crippen LogP contribution is -2.12. The Morgan fingerprint density at radius 3 is 2.67 bits per heavy atom. The average molecular weight is 361 g/mol. The smallest absolute Gasteiger partial charge is 0.251 e. The fourth-order valence-electron chi connectivity index (χ4n) is 3.54. The Labute approximate surface area is 153 Å². The molecule has 5 rings (SSSR count). The molecule has 132 valence electrons. The van der Waals surface area contributed by atoms with E-state index in [2.05, 4.69) is 10.3 Å². The molecule has 0 atom stereocenters. The summed E-state index contributed by atoms with van der Waals surface area (Å²) in [7, 11) is 0. The van der Waals surface area contributed by atoms with Gasteiger partial charge >= 0.3 is 0 Å². The third-order valence-corrected chi connectivity index (χ3v) is 4.86. The molecule has 2 aromatic carbocycles. The second-order valence-corrected chi connectivity index (χ2v) is 6.47. The topological polar surface area (TPSA) is 46.4 Å². The van der Waals surface area contributed by atoms with Crippen molar-refractivity contribution in [2.24, 2.45) is 0 Å². The summed E-state index contributed by atoms with van der Waals surface area (Å²) in [5.74, 6) is -1.50. The van der Waals surface area contributed by atoms with Crippen molar-refractivity contribution in [1.29, 1.82) is 0 Å². The number of benzene rings is 2. The van der Waals surface area contributed by atoms with Crippen LogP contribution in [-0.4, -0.2) is 15.3 Å². The number of carbonyl (C=O) groups is 1. The molecule has 4 nitrogen and oxygen atoms in total. The van der Waals surface area contributed by atoms with Gasteiger partial charge in [-0.25, -0.2) is 13.8 Å². The minimum absolute atomic E-state index is 0.195. The first kappa shape index (κ1) is 15.7. The Morgan fingerprint density at radius 1 is 0.963 bits per heavy atom. The van der Waals surface area contributed by atoms with Gasteiger partial charge in [-0.1, -0.05) is 0 Å². The molecule has 1 amide bonds. The van der Waals surface area contributed by atoms with Crippen LogP contribution in [0.25, 0.3) is 27.9 Å². The van der Waals surface area contributed by atoms with Crippen LogP contribution < -0.4 is 5.32 Å². The standard InChI is InChI=1S/C21H13F2N3O/c22-14-2-3-15(19(23)9-14)13-7-16(18-10-25-21(27)17(18)8-13)12-1-4-20-24-5-6-26(20)11-12/h1-9,11H,10H2,(H,25,27). The van der Waals surface area contributed by atoms with E-state index < -0.39 is 11.6 Å². The van der Waals surface area contributed by atoms with E-state index in [1.807, 2.05) is 35.0 Å². The summed E-state index contributed by atoms with van der Waals surface area (Å²) < 4.78 is 29.5. The van der Waals surface area contributed by atoms with Crippen molar-refractivity contribution in [1.82, 2.24) is 14.7 Å². The summed E-state index contributed by atoms with van der Waals surface area (Å²) >= 11 is 0. The van der Waals surface area contributed by atoms with Crippen LogP contribution in [0.1, 0.15) is 15.9 Å². The predicted octanol–water partition coefficient (Wildman–Crippen LogP) is 4.19. The third-order valence-electron chi connectivity index (χ3n) is 4.86. The molecule has 0 saturated carbocycles. The lowest BCUT2D eigenvalue weighted by molar-refractivity contribution is 0.0966. The zero-order valence-electron chi connectivity index (χ0n) is 14.0. The third kappa shape index (κ3) is 2.49. The molecule has 0 unspecified atom stereocenters. The molecule has 3 heterocycles. The van der Waals surface area contributed by atoms with Gasteiger partial charge in [0, 0.05) is 42.3 Å². The molecule has 6 heteroatoms. The first-order valence-corrected chi connectivity index (χ1v) is 8.44. The van der Waals surface area contributed by atoms with Gasteiger partial charge in [0.1, 0.15) is 17.3 Å². The molecule has 0 saturated heterocycles. The summed E-state index contributed by atoms with van der Waals surface area (Å²) in [6.45, 7) is 0.414. The summed E-state index contributed by atoms with van der Waals surface area (Å²) in [6, 6.07) is 10.8. The second-order valence-electron chi connectivity index (χ2n) is 6.47. The highest BCUT2D eigenvalue weighted by atomic mass is 19.1. The lowest BCUT2D eigenvalue weighted by atomic mass is 9.92. The van der Waals surface area contributed by atoms with Crippen molar-refractivity contribution >= 4 is 11.6 Å². The fourth-order valence-corrected chi connectivity index (χ4v) is 3.54. The van der Waals surface area contributed by atoms with Crippen LogP contribution in [0.2, 0.25) is 0 Å². The van der Waals surface area contributed by atoms with Gasteiger partial charge in [0.15, 0.2) is 0 Å². The zero-order chi connectivity index (χ0) is 18.5. The van der Waals surface area contributed by atoms with Gasteiger partial charge in [-0.3, -0.25) is 4.79 Å². The number of nitrogens with zero attached hydrogens (tertiary/aromatic N) is 2. The molecule has 0 aliphatic carbocycles. The summed E-state index contributed by atoms with van der Waals surface area (Å²) in [5.41, 5.74) is 4.69. The number of hydrogen-bond acceptors (Lipinski definition) is 2. The monoisotopic (exact) mass is 361 g/mol. The fraction of sp³-hybridized carbons (Fsp3) is 0.0476. The molecule has 1 aliphatic rings. The molecule has 1 N–H and O–H groups in total. The van der Waals surface area contributed by atoms with Gasteiger partial charge in [-0.15, -0.1) is 0 Å². The number of carbonyl (C=O) groups excluding carboxylic acids is 1. The van der Waals surface area contributed by atoms with E-state index in [0.29, 0.717) is 17.7 Å². The Morgan fingerprint density at radius 2 is 1.81 bits per heavy atom. The van der Waals surface area contributed by atoms with E-state index in [1.165, 1.54) is 12.1 Å². The minimum Gasteiger partial charge on any atom is -0.348 e. The average Bonchev–Trinajstić information content (AvgIpc) is 3.27. The van der Waals surface area contributed by atoms with Crippen molar-refractivity contribution in [3.63, 3.8) is 0 Å². The van der Waals surface area contributed by atoms with E-state index in [1.54, 1.807) is 12.3 Å². The highest BCUT2D eigenvalue weighted by molar-refractivity contribution is 6.02. The van der Waals surface area contributed by atoms with E-state index in [9.17, 15) is 13.6 Å². The first-order chi connectivity index (χ1) is 13.1. The van der Waals surface area contributed by atoms with Crippen LogP contribution in [0.3, 0.4) is 0 Å². The molecule has 0 spiro atoms. The van der Waals surface area contributed by atoms with Gasteiger partial charge in [-0.2, -0.15) is 0 Å². The maximum atomic E-state index is 14.3. The largest absolute Gasteiger partial charge is 0.348 e. The molecule has 2 aromatic heterocycles. The minimum atomic E-state index is -0.663. The van der Waals surface area contributed by atoms with Crippen molar-refractivity contribution in [2.45, 2.75) is 6.54 Å². The normalized spacial score (nSPS) is 13.0. The van der Waals surface area contributed by atoms with E-state index in [4.69, 9.17) is 0 Å². The number of pyridine rings is 1. The summed E-state index contributed by atoms with van der Waals surface area (Å²) in [4.78, 5) is 16.5. The highest BCUT2D eigenvalue weighted by Crippen LogP contribution is 2.35. The number of fused-ring (bicyclic) bond motifs is 2. The number of aromatic nitrogens is 2. The maximum Gasteiger partial charge on any atom is 0.251 e. The number of nitrogens with one attached hydrogen (secondary N) is 1. The van der Waals surface area contributed by atoms with Crippen molar-refractivity contribution in [3.8, 4) is 22.3 Å². The van der Waals surface area contributed by atoms with Crippen LogP contribution in [0, 0.1) is 11.6 Å². The number of halogens is 2. The van der Waals surface area contributed by atoms with Crippen molar-refractivity contribution in [3.05, 3.63) is 83.8 Å². The molecule has 0 radical (unpaired) electrons. The quantitative estimate of drug-likeness (QED) is 0.582. The Balaban J connectivity index is 1.76. The van der Waals surface area contributed by atoms with E-state index in [0.717, 1.165) is 28.4 Å². The molecule has 27 heavy (non-hydrogen) atoms. The van der Waals surface area contributed by atoms with E-state index in [-0.39, 0.29) is 11.5 Å². The van der Waals surface area contributed by atoms with Crippen LogP contribution in [0.5, 0.6) is 0 Å². The Kier molecular flexibility index (Phi) is 3.33. The molecule has 4 aromatic rings. The number of imidazole rings is 1. The number of rotatable bonds is 2. The zero-order valence-corrected chi connectivity index (χ0v) is 14.0. The lowest BCUT2D eigenvalue weighted by Gasteiger charge is -2.12. The van der Waals surface area contributed by atoms with Gasteiger partial charge in [0.2, 0.25) is 0 Å². The van der Waals surface area contributed by atoms with Crippen molar-refractivity contribution < 1.29 is 13.6 Å². The predicted molar refractivity (Wildman–Crippen MR) is 97.2 cm³/mol.